The largest absolute Gasteiger partial charge is 0.504 e. The molecule has 17 heteroatoms. The van der Waals surface area contributed by atoms with Gasteiger partial charge in [0, 0.05) is 38.6 Å². The molecule has 4 atom stereocenters. The molecule has 0 bridgehead atoms. The molecule has 0 spiro atoms. The summed E-state index contributed by atoms with van der Waals surface area (Å²) in [5, 5.41) is 63.3. The highest BCUT2D eigenvalue weighted by atomic mass is 19.1. The standard InChI is InChI=1S/C34H43F2N5O10/c1-17-21(28(34(50)51)41-27(17)24(18(2)42)33(41)49)16-39(3)14-15-40(12-4-10-37-31(47)19-6-8-22(43)29(45)25(19)35)13-5-11-38-32(48)20-7-9-23(44)30(46)26(20)36/h6-9,17-18,24,27,42-46H,4-5,10-16H2,1-3H3,(H,37,47)(H,38,48)(H,50,51)/t17-,18+,24+,27+/m0/s1. The lowest BCUT2D eigenvalue weighted by molar-refractivity contribution is -0.163. The number of fused-ring (bicyclic) bond motifs is 1. The van der Waals surface area contributed by atoms with Crippen LogP contribution in [0.1, 0.15) is 47.4 Å². The third-order valence-corrected chi connectivity index (χ3v) is 9.31. The number of phenols is 4. The molecule has 0 saturated carbocycles. The molecule has 2 aromatic carbocycles. The zero-order valence-electron chi connectivity index (χ0n) is 28.4. The van der Waals surface area contributed by atoms with E-state index in [0.29, 0.717) is 44.6 Å². The van der Waals surface area contributed by atoms with Crippen molar-refractivity contribution in [1.82, 2.24) is 25.3 Å². The minimum absolute atomic E-state index is 0.0682. The molecule has 8 N–H and O–H groups in total. The van der Waals surface area contributed by atoms with Crippen molar-refractivity contribution >= 4 is 23.7 Å². The van der Waals surface area contributed by atoms with E-state index in [2.05, 4.69) is 10.6 Å². The van der Waals surface area contributed by atoms with Crippen molar-refractivity contribution in [3.05, 3.63) is 58.3 Å². The fraction of sp³-hybridized carbons (Fsp3) is 0.471. The number of benzene rings is 2. The van der Waals surface area contributed by atoms with Crippen molar-refractivity contribution in [2.45, 2.75) is 38.8 Å². The Kier molecular flexibility index (Phi) is 12.4. The molecule has 2 aliphatic rings. The van der Waals surface area contributed by atoms with E-state index in [1.807, 2.05) is 16.7 Å². The van der Waals surface area contributed by atoms with Crippen LogP contribution in [0.25, 0.3) is 0 Å². The maximum Gasteiger partial charge on any atom is 0.352 e. The summed E-state index contributed by atoms with van der Waals surface area (Å²) in [6.07, 6.45) is -0.122. The summed E-state index contributed by atoms with van der Waals surface area (Å²) >= 11 is 0. The predicted molar refractivity (Wildman–Crippen MR) is 177 cm³/mol. The Labute approximate surface area is 292 Å². The molecule has 1 fully saturated rings. The first-order chi connectivity index (χ1) is 24.1. The summed E-state index contributed by atoms with van der Waals surface area (Å²) in [5.41, 5.74) is -0.384. The number of nitrogens with zero attached hydrogens (tertiary/aromatic N) is 3. The van der Waals surface area contributed by atoms with Crippen LogP contribution in [0.15, 0.2) is 35.5 Å². The summed E-state index contributed by atoms with van der Waals surface area (Å²) in [7, 11) is 1.80. The average Bonchev–Trinajstić information content (AvgIpc) is 3.31. The number of likely N-dealkylation sites (N-methyl/N-ethyl adjacent to an activating group) is 1. The molecule has 2 heterocycles. The number of carbonyl (C=O) groups is 4. The Morgan fingerprint density at radius 3 is 1.80 bits per heavy atom. The summed E-state index contributed by atoms with van der Waals surface area (Å²) in [6.45, 7) is 5.56. The van der Waals surface area contributed by atoms with Crippen molar-refractivity contribution in [3.8, 4) is 23.0 Å². The molecule has 0 unspecified atom stereocenters. The van der Waals surface area contributed by atoms with Gasteiger partial charge in [-0.1, -0.05) is 6.92 Å². The van der Waals surface area contributed by atoms with Crippen LogP contribution in [0.4, 0.5) is 8.78 Å². The molecule has 3 amide bonds. The Bertz CT molecular complexity index is 1630. The van der Waals surface area contributed by atoms with Gasteiger partial charge < -0.3 is 56.0 Å². The Balaban J connectivity index is 1.36. The number of halogens is 2. The van der Waals surface area contributed by atoms with Crippen molar-refractivity contribution in [3.63, 3.8) is 0 Å². The first-order valence-corrected chi connectivity index (χ1v) is 16.4. The third-order valence-electron chi connectivity index (χ3n) is 9.31. The van der Waals surface area contributed by atoms with Gasteiger partial charge in [-0.15, -0.1) is 0 Å². The van der Waals surface area contributed by atoms with Gasteiger partial charge in [-0.3, -0.25) is 14.4 Å². The Morgan fingerprint density at radius 2 is 1.35 bits per heavy atom. The number of carboxylic acids is 1. The number of hydrogen-bond acceptors (Lipinski definition) is 11. The van der Waals surface area contributed by atoms with Crippen LogP contribution >= 0.6 is 0 Å². The fourth-order valence-corrected chi connectivity index (χ4v) is 6.53. The molecule has 51 heavy (non-hydrogen) atoms. The van der Waals surface area contributed by atoms with Crippen LogP contribution in [0.3, 0.4) is 0 Å². The lowest BCUT2D eigenvalue weighted by Crippen LogP contribution is -2.63. The van der Waals surface area contributed by atoms with Gasteiger partial charge in [0.25, 0.3) is 11.8 Å². The van der Waals surface area contributed by atoms with Crippen molar-refractivity contribution in [1.29, 1.82) is 0 Å². The lowest BCUT2D eigenvalue weighted by Gasteiger charge is -2.46. The molecule has 2 aliphatic heterocycles. The maximum absolute atomic E-state index is 14.3. The number of aliphatic hydroxyl groups excluding tert-OH is 1. The van der Waals surface area contributed by atoms with E-state index < -0.39 is 87.5 Å². The number of amides is 3. The number of aliphatic hydroxyl groups is 1. The van der Waals surface area contributed by atoms with E-state index in [-0.39, 0.29) is 31.2 Å². The highest BCUT2D eigenvalue weighted by molar-refractivity contribution is 6.00. The molecular weight excluding hydrogens is 676 g/mol. The zero-order valence-corrected chi connectivity index (χ0v) is 28.4. The van der Waals surface area contributed by atoms with Crippen LogP contribution in [0.5, 0.6) is 23.0 Å². The topological polar surface area (TPSA) is 223 Å². The first-order valence-electron chi connectivity index (χ1n) is 16.4. The molecule has 0 aliphatic carbocycles. The van der Waals surface area contributed by atoms with Gasteiger partial charge in [0.1, 0.15) is 5.70 Å². The van der Waals surface area contributed by atoms with E-state index in [9.17, 15) is 58.6 Å². The number of β-lactam (4-membered cyclic amide) rings is 1. The van der Waals surface area contributed by atoms with E-state index >= 15 is 0 Å². The molecule has 2 aromatic rings. The molecule has 0 radical (unpaired) electrons. The van der Waals surface area contributed by atoms with Crippen LogP contribution in [0, 0.1) is 23.5 Å². The van der Waals surface area contributed by atoms with Crippen LogP contribution in [-0.2, 0) is 9.59 Å². The normalized spacial score (nSPS) is 18.9. The van der Waals surface area contributed by atoms with Gasteiger partial charge in [0.05, 0.1) is 29.2 Å². The smallest absolute Gasteiger partial charge is 0.352 e. The first kappa shape index (κ1) is 38.8. The number of carbonyl (C=O) groups excluding carboxylic acids is 3. The summed E-state index contributed by atoms with van der Waals surface area (Å²) in [4.78, 5) is 55.1. The lowest BCUT2D eigenvalue weighted by atomic mass is 9.77. The fourth-order valence-electron chi connectivity index (χ4n) is 6.53. The number of phenolic OH excluding ortho intramolecular Hbond substituents is 4. The van der Waals surface area contributed by atoms with Crippen LogP contribution in [-0.4, -0.2) is 134 Å². The second-order valence-corrected chi connectivity index (χ2v) is 12.8. The van der Waals surface area contributed by atoms with Gasteiger partial charge in [-0.2, -0.15) is 0 Å². The average molecular weight is 720 g/mol. The quantitative estimate of drug-likeness (QED) is 0.0656. The van der Waals surface area contributed by atoms with E-state index in [1.54, 1.807) is 7.05 Å². The minimum atomic E-state index is -1.25. The molecule has 4 rings (SSSR count). The second-order valence-electron chi connectivity index (χ2n) is 12.8. The summed E-state index contributed by atoms with van der Waals surface area (Å²) in [6, 6.07) is 3.64. The van der Waals surface area contributed by atoms with Gasteiger partial charge in [-0.05, 0) is 69.7 Å². The third kappa shape index (κ3) is 8.32. The number of hydrogen-bond donors (Lipinski definition) is 8. The number of aromatic hydroxyl groups is 4. The Hall–Kier alpha value is -5.00. The van der Waals surface area contributed by atoms with Crippen molar-refractivity contribution < 1.29 is 58.6 Å². The van der Waals surface area contributed by atoms with Crippen LogP contribution in [0.2, 0.25) is 0 Å². The summed E-state index contributed by atoms with van der Waals surface area (Å²) in [5.74, 6) is -10.2. The Morgan fingerprint density at radius 1 is 0.863 bits per heavy atom. The van der Waals surface area contributed by atoms with Gasteiger partial charge in [0.2, 0.25) is 5.91 Å². The molecule has 0 aromatic heterocycles. The highest BCUT2D eigenvalue weighted by Crippen LogP contribution is 2.47. The zero-order chi connectivity index (χ0) is 37.7. The van der Waals surface area contributed by atoms with Crippen LogP contribution < -0.4 is 10.6 Å². The van der Waals surface area contributed by atoms with Gasteiger partial charge in [-0.25, -0.2) is 13.6 Å². The van der Waals surface area contributed by atoms with Crippen molar-refractivity contribution in [2.75, 3.05) is 52.9 Å². The minimum Gasteiger partial charge on any atom is -0.504 e. The number of carboxylic acid groups (broad SMARTS) is 1. The summed E-state index contributed by atoms with van der Waals surface area (Å²) < 4.78 is 28.5. The number of nitrogens with one attached hydrogen (secondary N) is 2. The highest BCUT2D eigenvalue weighted by Gasteiger charge is 2.59. The molecule has 1 saturated heterocycles. The van der Waals surface area contributed by atoms with Gasteiger partial charge in [0.15, 0.2) is 34.6 Å². The number of aliphatic carboxylic acids is 1. The van der Waals surface area contributed by atoms with E-state index in [1.165, 1.54) is 11.8 Å². The van der Waals surface area contributed by atoms with Crippen molar-refractivity contribution in [2.24, 2.45) is 11.8 Å². The number of rotatable bonds is 17. The molecule has 15 nitrogen and oxygen atoms in total. The van der Waals surface area contributed by atoms with E-state index in [0.717, 1.165) is 24.3 Å². The maximum atomic E-state index is 14.3. The monoisotopic (exact) mass is 719 g/mol. The molecule has 278 valence electrons. The second kappa shape index (κ2) is 16.3. The SMILES string of the molecule is C[C@@H](O)[C@H]1C(=O)N2C(C(=O)O)=C(CN(C)CCN(CCCNC(=O)c3ccc(O)c(O)c3F)CCCNC(=O)c3ccc(O)c(O)c3F)[C@H](C)[C@H]12. The van der Waals surface area contributed by atoms with Gasteiger partial charge >= 0.3 is 5.97 Å². The van der Waals surface area contributed by atoms with E-state index in [4.69, 9.17) is 0 Å². The molecular formula is C34H43F2N5O10. The predicted octanol–water partition coefficient (Wildman–Crippen LogP) is 1.16.